The van der Waals surface area contributed by atoms with Crippen molar-refractivity contribution in [3.8, 4) is 11.4 Å². The molecule has 0 radical (unpaired) electrons. The van der Waals surface area contributed by atoms with Crippen molar-refractivity contribution in [1.29, 1.82) is 0 Å². The van der Waals surface area contributed by atoms with Gasteiger partial charge < -0.3 is 5.43 Å². The Morgan fingerprint density at radius 1 is 1.05 bits per heavy atom. The maximum Gasteiger partial charge on any atom is 0.194 e. The molecule has 0 aliphatic rings. The van der Waals surface area contributed by atoms with Crippen molar-refractivity contribution in [3.63, 3.8) is 0 Å². The third kappa shape index (κ3) is 2.37. The molecule has 2 aromatic rings. The number of aryl methyl sites for hydroxylation is 1. The van der Waals surface area contributed by atoms with Crippen LogP contribution in [0.1, 0.15) is 11.3 Å². The fourth-order valence-corrected chi connectivity index (χ4v) is 1.58. The molecule has 3 N–H and O–H groups in total. The lowest BCUT2D eigenvalue weighted by molar-refractivity contribution is 0.447. The first-order valence-electron chi connectivity index (χ1n) is 5.40. The Hall–Kier alpha value is -2.15. The summed E-state index contributed by atoms with van der Waals surface area (Å²) in [6.07, 6.45) is 0. The van der Waals surface area contributed by atoms with E-state index in [1.165, 1.54) is 0 Å². The Balaban J connectivity index is 2.62. The van der Waals surface area contributed by atoms with Crippen molar-refractivity contribution in [1.82, 2.24) is 9.97 Å². The summed E-state index contributed by atoms with van der Waals surface area (Å²) >= 11 is 0. The summed E-state index contributed by atoms with van der Waals surface area (Å²) in [6.45, 7) is 3.46. The zero-order valence-electron chi connectivity index (χ0n) is 10.3. The van der Waals surface area contributed by atoms with E-state index in [4.69, 9.17) is 5.84 Å². The van der Waals surface area contributed by atoms with Gasteiger partial charge in [-0.05, 0) is 26.0 Å². The molecule has 1 heterocycles. The molecule has 0 saturated heterocycles. The van der Waals surface area contributed by atoms with Gasteiger partial charge in [-0.1, -0.05) is 0 Å². The molecule has 1 aromatic carbocycles. The second-order valence-corrected chi connectivity index (χ2v) is 4.00. The van der Waals surface area contributed by atoms with E-state index in [-0.39, 0.29) is 11.4 Å². The highest BCUT2D eigenvalue weighted by Gasteiger charge is 2.15. The van der Waals surface area contributed by atoms with E-state index in [1.54, 1.807) is 13.8 Å². The van der Waals surface area contributed by atoms with Crippen LogP contribution in [-0.2, 0) is 0 Å². The minimum Gasteiger partial charge on any atom is -0.308 e. The van der Waals surface area contributed by atoms with Crippen LogP contribution >= 0.6 is 0 Å². The van der Waals surface area contributed by atoms with E-state index in [1.807, 2.05) is 0 Å². The molecule has 0 atom stereocenters. The van der Waals surface area contributed by atoms with Crippen molar-refractivity contribution in [2.24, 2.45) is 5.84 Å². The molecule has 2 rings (SSSR count). The molecule has 7 heteroatoms. The molecule has 1 aromatic heterocycles. The van der Waals surface area contributed by atoms with E-state index in [2.05, 4.69) is 15.4 Å². The lowest BCUT2D eigenvalue weighted by atomic mass is 10.1. The SMILES string of the molecule is Cc1nc(-c2cc(F)c(F)c(F)c2)nc(NN)c1C. The van der Waals surface area contributed by atoms with E-state index < -0.39 is 17.5 Å². The van der Waals surface area contributed by atoms with Gasteiger partial charge in [0.25, 0.3) is 0 Å². The number of hydrogen-bond donors (Lipinski definition) is 2. The largest absolute Gasteiger partial charge is 0.308 e. The highest BCUT2D eigenvalue weighted by atomic mass is 19.2. The number of aromatic nitrogens is 2. The number of rotatable bonds is 2. The Kier molecular flexibility index (Phi) is 3.39. The number of nitrogen functional groups attached to an aromatic ring is 1. The normalized spacial score (nSPS) is 10.6. The predicted octanol–water partition coefficient (Wildman–Crippen LogP) is 2.46. The van der Waals surface area contributed by atoms with E-state index in [0.717, 1.165) is 12.1 Å². The summed E-state index contributed by atoms with van der Waals surface area (Å²) in [5.41, 5.74) is 3.73. The molecule has 0 amide bonds. The average Bonchev–Trinajstić information content (AvgIpc) is 2.38. The summed E-state index contributed by atoms with van der Waals surface area (Å²) in [6, 6.07) is 1.67. The Morgan fingerprint density at radius 2 is 1.63 bits per heavy atom. The Labute approximate surface area is 107 Å². The lowest BCUT2D eigenvalue weighted by Crippen LogP contribution is -2.12. The number of hydrazine groups is 1. The van der Waals surface area contributed by atoms with E-state index >= 15 is 0 Å². The number of halogens is 3. The molecule has 0 aliphatic heterocycles. The first kappa shape index (κ1) is 13.3. The molecule has 0 spiro atoms. The van der Waals surface area contributed by atoms with Gasteiger partial charge in [0.05, 0.1) is 0 Å². The van der Waals surface area contributed by atoms with Crippen LogP contribution in [0.25, 0.3) is 11.4 Å². The topological polar surface area (TPSA) is 63.8 Å². The third-order valence-electron chi connectivity index (χ3n) is 2.77. The standard InChI is InChI=1S/C12H11F3N4/c1-5-6(2)17-12(18-11(5)19-16)7-3-8(13)10(15)9(14)4-7/h3-4H,16H2,1-2H3,(H,17,18,19). The molecule has 4 nitrogen and oxygen atoms in total. The molecule has 0 unspecified atom stereocenters. The number of nitrogens with one attached hydrogen (secondary N) is 1. The van der Waals surface area contributed by atoms with Crippen LogP contribution in [0, 0.1) is 31.3 Å². The van der Waals surface area contributed by atoms with Crippen molar-refractivity contribution in [2.45, 2.75) is 13.8 Å². The van der Waals surface area contributed by atoms with Crippen molar-refractivity contribution in [2.75, 3.05) is 5.43 Å². The summed E-state index contributed by atoms with van der Waals surface area (Å²) < 4.78 is 39.2. The van der Waals surface area contributed by atoms with Crippen molar-refractivity contribution >= 4 is 5.82 Å². The highest BCUT2D eigenvalue weighted by Crippen LogP contribution is 2.24. The number of nitrogens with two attached hydrogens (primary N) is 1. The van der Waals surface area contributed by atoms with Crippen LogP contribution in [0.2, 0.25) is 0 Å². The monoisotopic (exact) mass is 268 g/mol. The molecule has 0 saturated carbocycles. The van der Waals surface area contributed by atoms with Gasteiger partial charge in [0.15, 0.2) is 23.3 Å². The van der Waals surface area contributed by atoms with E-state index in [0.29, 0.717) is 17.1 Å². The van der Waals surface area contributed by atoms with Gasteiger partial charge in [-0.25, -0.2) is 29.0 Å². The second kappa shape index (κ2) is 4.85. The Morgan fingerprint density at radius 3 is 2.16 bits per heavy atom. The zero-order chi connectivity index (χ0) is 14.2. The third-order valence-corrected chi connectivity index (χ3v) is 2.77. The fourth-order valence-electron chi connectivity index (χ4n) is 1.58. The van der Waals surface area contributed by atoms with Crippen molar-refractivity contribution in [3.05, 3.63) is 40.8 Å². The van der Waals surface area contributed by atoms with Gasteiger partial charge in [0, 0.05) is 16.8 Å². The molecule has 100 valence electrons. The first-order valence-corrected chi connectivity index (χ1v) is 5.40. The number of nitrogens with zero attached hydrogens (tertiary/aromatic N) is 2. The Bertz CT molecular complexity index is 620. The minimum absolute atomic E-state index is 0.0380. The minimum atomic E-state index is -1.52. The van der Waals surface area contributed by atoms with Gasteiger partial charge in [-0.3, -0.25) is 0 Å². The summed E-state index contributed by atoms with van der Waals surface area (Å²) in [5.74, 6) is 1.60. The molecule has 0 fully saturated rings. The quantitative estimate of drug-likeness (QED) is 0.499. The van der Waals surface area contributed by atoms with Crippen LogP contribution in [0.3, 0.4) is 0 Å². The van der Waals surface area contributed by atoms with Gasteiger partial charge in [-0.2, -0.15) is 0 Å². The second-order valence-electron chi connectivity index (χ2n) is 4.00. The number of hydrogen-bond acceptors (Lipinski definition) is 4. The highest BCUT2D eigenvalue weighted by molar-refractivity contribution is 5.59. The van der Waals surface area contributed by atoms with Crippen molar-refractivity contribution < 1.29 is 13.2 Å². The molecular weight excluding hydrogens is 257 g/mol. The van der Waals surface area contributed by atoms with Crippen LogP contribution < -0.4 is 11.3 Å². The smallest absolute Gasteiger partial charge is 0.194 e. The fraction of sp³-hybridized carbons (Fsp3) is 0.167. The lowest BCUT2D eigenvalue weighted by Gasteiger charge is -2.09. The maximum atomic E-state index is 13.2. The first-order chi connectivity index (χ1) is 8.93. The maximum absolute atomic E-state index is 13.2. The van der Waals surface area contributed by atoms with Crippen LogP contribution in [0.4, 0.5) is 19.0 Å². The number of benzene rings is 1. The van der Waals surface area contributed by atoms with Crippen LogP contribution in [0.5, 0.6) is 0 Å². The predicted molar refractivity (Wildman–Crippen MR) is 64.6 cm³/mol. The molecular formula is C12H11F3N4. The zero-order valence-corrected chi connectivity index (χ0v) is 10.3. The van der Waals surface area contributed by atoms with Crippen LogP contribution in [0.15, 0.2) is 12.1 Å². The molecule has 0 aliphatic carbocycles. The van der Waals surface area contributed by atoms with Crippen LogP contribution in [-0.4, -0.2) is 9.97 Å². The summed E-state index contributed by atoms with van der Waals surface area (Å²) in [4.78, 5) is 8.13. The summed E-state index contributed by atoms with van der Waals surface area (Å²) in [5, 5.41) is 0. The van der Waals surface area contributed by atoms with E-state index in [9.17, 15) is 13.2 Å². The molecule has 19 heavy (non-hydrogen) atoms. The summed E-state index contributed by atoms with van der Waals surface area (Å²) in [7, 11) is 0. The van der Waals surface area contributed by atoms with Gasteiger partial charge in [-0.15, -0.1) is 0 Å². The average molecular weight is 268 g/mol. The van der Waals surface area contributed by atoms with Gasteiger partial charge in [0.1, 0.15) is 5.82 Å². The van der Waals surface area contributed by atoms with Gasteiger partial charge >= 0.3 is 0 Å². The van der Waals surface area contributed by atoms with Gasteiger partial charge in [0.2, 0.25) is 0 Å². The molecule has 0 bridgehead atoms. The number of anilines is 1.